The lowest BCUT2D eigenvalue weighted by molar-refractivity contribution is -0.115. The van der Waals surface area contributed by atoms with Gasteiger partial charge in [0.25, 0.3) is 0 Å². The standard InChI is InChI=1S/C20H19NO5/c1-12-16-8-7-15(25-3)10-18(16)26-20(23)17(12)11-19(22)21-13-5-4-6-14(9-13)24-2/h4-10H,11H2,1-3H3,(H,21,22). The van der Waals surface area contributed by atoms with Crippen molar-refractivity contribution in [3.8, 4) is 11.5 Å². The Balaban J connectivity index is 1.88. The molecule has 3 rings (SSSR count). The number of carbonyl (C=O) groups is 1. The minimum Gasteiger partial charge on any atom is -0.497 e. The molecule has 3 aromatic rings. The summed E-state index contributed by atoms with van der Waals surface area (Å²) in [5.41, 5.74) is 1.57. The quantitative estimate of drug-likeness (QED) is 0.712. The van der Waals surface area contributed by atoms with E-state index in [9.17, 15) is 9.59 Å². The van der Waals surface area contributed by atoms with E-state index in [1.807, 2.05) is 6.07 Å². The second-order valence-electron chi connectivity index (χ2n) is 5.81. The van der Waals surface area contributed by atoms with Crippen LogP contribution in [-0.2, 0) is 11.2 Å². The second-order valence-corrected chi connectivity index (χ2v) is 5.81. The number of rotatable bonds is 5. The summed E-state index contributed by atoms with van der Waals surface area (Å²) in [5.74, 6) is 0.934. The molecule has 0 aliphatic rings. The van der Waals surface area contributed by atoms with E-state index in [2.05, 4.69) is 5.32 Å². The lowest BCUT2D eigenvalue weighted by atomic mass is 10.0. The zero-order chi connectivity index (χ0) is 18.7. The largest absolute Gasteiger partial charge is 0.497 e. The first kappa shape index (κ1) is 17.5. The molecule has 0 aliphatic heterocycles. The molecule has 0 unspecified atom stereocenters. The zero-order valence-electron chi connectivity index (χ0n) is 14.8. The van der Waals surface area contributed by atoms with Crippen LogP contribution in [0.3, 0.4) is 0 Å². The molecule has 0 saturated carbocycles. The number of hydrogen-bond donors (Lipinski definition) is 1. The highest BCUT2D eigenvalue weighted by Crippen LogP contribution is 2.24. The maximum Gasteiger partial charge on any atom is 0.340 e. The monoisotopic (exact) mass is 353 g/mol. The van der Waals surface area contributed by atoms with E-state index in [1.54, 1.807) is 57.5 Å². The fourth-order valence-electron chi connectivity index (χ4n) is 2.77. The third-order valence-corrected chi connectivity index (χ3v) is 4.19. The molecule has 26 heavy (non-hydrogen) atoms. The third kappa shape index (κ3) is 3.54. The van der Waals surface area contributed by atoms with Crippen LogP contribution in [-0.4, -0.2) is 20.1 Å². The number of benzene rings is 2. The molecule has 6 heteroatoms. The second kappa shape index (κ2) is 7.31. The molecule has 2 aromatic carbocycles. The number of carbonyl (C=O) groups excluding carboxylic acids is 1. The Morgan fingerprint density at radius 1 is 1.08 bits per heavy atom. The Morgan fingerprint density at radius 2 is 1.81 bits per heavy atom. The maximum atomic E-state index is 12.4. The highest BCUT2D eigenvalue weighted by molar-refractivity contribution is 5.93. The molecule has 1 heterocycles. The summed E-state index contributed by atoms with van der Waals surface area (Å²) in [5, 5.41) is 3.54. The van der Waals surface area contributed by atoms with Gasteiger partial charge in [-0.05, 0) is 36.8 Å². The smallest absolute Gasteiger partial charge is 0.340 e. The van der Waals surface area contributed by atoms with E-state index >= 15 is 0 Å². The average Bonchev–Trinajstić information content (AvgIpc) is 2.64. The van der Waals surface area contributed by atoms with Crippen LogP contribution < -0.4 is 20.4 Å². The van der Waals surface area contributed by atoms with Crippen LogP contribution in [0, 0.1) is 6.92 Å². The van der Waals surface area contributed by atoms with Crippen LogP contribution in [0.2, 0.25) is 0 Å². The van der Waals surface area contributed by atoms with Crippen molar-refractivity contribution >= 4 is 22.6 Å². The van der Waals surface area contributed by atoms with E-state index < -0.39 is 5.63 Å². The minimum atomic E-state index is -0.524. The van der Waals surface area contributed by atoms with E-state index in [1.165, 1.54) is 0 Å². The normalized spacial score (nSPS) is 10.6. The van der Waals surface area contributed by atoms with Crippen LogP contribution in [0.25, 0.3) is 11.0 Å². The van der Waals surface area contributed by atoms with Gasteiger partial charge in [0.15, 0.2) is 0 Å². The van der Waals surface area contributed by atoms with Crippen LogP contribution in [0.5, 0.6) is 11.5 Å². The Bertz CT molecular complexity index is 1020. The van der Waals surface area contributed by atoms with Crippen molar-refractivity contribution in [3.63, 3.8) is 0 Å². The van der Waals surface area contributed by atoms with Crippen molar-refractivity contribution in [2.24, 2.45) is 0 Å². The summed E-state index contributed by atoms with van der Waals surface area (Å²) in [6, 6.07) is 12.3. The molecule has 6 nitrogen and oxygen atoms in total. The van der Waals surface area contributed by atoms with Crippen molar-refractivity contribution in [2.45, 2.75) is 13.3 Å². The van der Waals surface area contributed by atoms with Gasteiger partial charge in [-0.2, -0.15) is 0 Å². The number of methoxy groups -OCH3 is 2. The number of ether oxygens (including phenoxy) is 2. The molecule has 0 atom stereocenters. The van der Waals surface area contributed by atoms with Gasteiger partial charge in [0, 0.05) is 23.2 Å². The van der Waals surface area contributed by atoms with Gasteiger partial charge < -0.3 is 19.2 Å². The first-order valence-corrected chi connectivity index (χ1v) is 8.06. The maximum absolute atomic E-state index is 12.4. The number of nitrogens with one attached hydrogen (secondary N) is 1. The van der Waals surface area contributed by atoms with E-state index in [0.29, 0.717) is 28.3 Å². The Hall–Kier alpha value is -3.28. The molecule has 1 amide bonds. The van der Waals surface area contributed by atoms with Crippen LogP contribution in [0.15, 0.2) is 51.7 Å². The molecule has 1 N–H and O–H groups in total. The zero-order valence-corrected chi connectivity index (χ0v) is 14.8. The Kier molecular flexibility index (Phi) is 4.93. The van der Waals surface area contributed by atoms with E-state index in [-0.39, 0.29) is 12.3 Å². The Labute approximate surface area is 150 Å². The van der Waals surface area contributed by atoms with Gasteiger partial charge >= 0.3 is 5.63 Å². The van der Waals surface area contributed by atoms with Crippen LogP contribution >= 0.6 is 0 Å². The SMILES string of the molecule is COc1cccc(NC(=O)Cc2c(C)c3ccc(OC)cc3oc2=O)c1. The fraction of sp³-hybridized carbons (Fsp3) is 0.200. The number of aryl methyl sites for hydroxylation is 1. The van der Waals surface area contributed by atoms with Gasteiger partial charge in [-0.1, -0.05) is 6.07 Å². The molecule has 0 fully saturated rings. The number of fused-ring (bicyclic) bond motifs is 1. The number of hydrogen-bond acceptors (Lipinski definition) is 5. The highest BCUT2D eigenvalue weighted by Gasteiger charge is 2.15. The molecule has 0 radical (unpaired) electrons. The number of amides is 1. The summed E-state index contributed by atoms with van der Waals surface area (Å²) in [6.07, 6.45) is -0.0760. The molecule has 0 spiro atoms. The lowest BCUT2D eigenvalue weighted by Gasteiger charge is -2.10. The van der Waals surface area contributed by atoms with Crippen molar-refractivity contribution < 1.29 is 18.7 Å². The van der Waals surface area contributed by atoms with E-state index in [0.717, 1.165) is 10.9 Å². The molecular formula is C20H19NO5. The predicted octanol–water partition coefficient (Wildman–Crippen LogP) is 3.30. The van der Waals surface area contributed by atoms with Crippen molar-refractivity contribution in [2.75, 3.05) is 19.5 Å². The summed E-state index contributed by atoms with van der Waals surface area (Å²) >= 11 is 0. The van der Waals surface area contributed by atoms with Gasteiger partial charge in [0.1, 0.15) is 17.1 Å². The molecule has 0 aliphatic carbocycles. The molecule has 1 aromatic heterocycles. The molecule has 134 valence electrons. The van der Waals surface area contributed by atoms with Gasteiger partial charge in [0.05, 0.1) is 26.2 Å². The first-order valence-electron chi connectivity index (χ1n) is 8.06. The van der Waals surface area contributed by atoms with Crippen molar-refractivity contribution in [1.82, 2.24) is 0 Å². The van der Waals surface area contributed by atoms with E-state index in [4.69, 9.17) is 13.9 Å². The number of anilines is 1. The van der Waals surface area contributed by atoms with Gasteiger partial charge in [-0.25, -0.2) is 4.79 Å². The predicted molar refractivity (Wildman–Crippen MR) is 99.1 cm³/mol. The first-order chi connectivity index (χ1) is 12.5. The average molecular weight is 353 g/mol. The topological polar surface area (TPSA) is 77.8 Å². The molecule has 0 saturated heterocycles. The van der Waals surface area contributed by atoms with Crippen molar-refractivity contribution in [3.05, 3.63) is 64.0 Å². The van der Waals surface area contributed by atoms with Gasteiger partial charge in [-0.15, -0.1) is 0 Å². The highest BCUT2D eigenvalue weighted by atomic mass is 16.5. The lowest BCUT2D eigenvalue weighted by Crippen LogP contribution is -2.20. The van der Waals surface area contributed by atoms with Crippen LogP contribution in [0.1, 0.15) is 11.1 Å². The van der Waals surface area contributed by atoms with Crippen molar-refractivity contribution in [1.29, 1.82) is 0 Å². The summed E-state index contributed by atoms with van der Waals surface area (Å²) in [7, 11) is 3.10. The fourth-order valence-corrected chi connectivity index (χ4v) is 2.77. The minimum absolute atomic E-state index is 0.0760. The molecule has 0 bridgehead atoms. The van der Waals surface area contributed by atoms with Crippen LogP contribution in [0.4, 0.5) is 5.69 Å². The summed E-state index contributed by atoms with van der Waals surface area (Å²) in [6.45, 7) is 1.81. The summed E-state index contributed by atoms with van der Waals surface area (Å²) in [4.78, 5) is 24.7. The van der Waals surface area contributed by atoms with Gasteiger partial charge in [0.2, 0.25) is 5.91 Å². The molecular weight excluding hydrogens is 334 g/mol. The summed E-state index contributed by atoms with van der Waals surface area (Å²) < 4.78 is 15.6. The van der Waals surface area contributed by atoms with Gasteiger partial charge in [-0.3, -0.25) is 4.79 Å². The Morgan fingerprint density at radius 3 is 2.54 bits per heavy atom. The third-order valence-electron chi connectivity index (χ3n) is 4.19.